The van der Waals surface area contributed by atoms with Crippen LogP contribution in [0, 0.1) is 5.82 Å². The summed E-state index contributed by atoms with van der Waals surface area (Å²) in [7, 11) is 3.96. The molecule has 0 aliphatic carbocycles. The lowest BCUT2D eigenvalue weighted by Gasteiger charge is -2.32. The van der Waals surface area contributed by atoms with Gasteiger partial charge in [-0.25, -0.2) is 9.37 Å². The van der Waals surface area contributed by atoms with Crippen molar-refractivity contribution in [1.29, 1.82) is 0 Å². The van der Waals surface area contributed by atoms with Crippen LogP contribution in [-0.4, -0.2) is 73.0 Å². The topological polar surface area (TPSA) is 78.0 Å². The molecule has 0 unspecified atom stereocenters. The minimum atomic E-state index is -0.525. The summed E-state index contributed by atoms with van der Waals surface area (Å²) in [5.74, 6) is -0.507. The van der Waals surface area contributed by atoms with Crippen LogP contribution in [0.3, 0.4) is 0 Å². The van der Waals surface area contributed by atoms with E-state index in [1.165, 1.54) is 56.1 Å². The SMILES string of the molecule is CN(C)c1ccc(CCC(=O)Nc2ccc(F)cc2C(=O)N2CCC(Oc3ccc(-c4ccc(CN5CCCCC5)cc4)cn3)CC2)cc1. The van der Waals surface area contributed by atoms with E-state index in [-0.39, 0.29) is 29.9 Å². The van der Waals surface area contributed by atoms with Gasteiger partial charge in [0, 0.05) is 76.5 Å². The Morgan fingerprint density at radius 2 is 1.55 bits per heavy atom. The fourth-order valence-corrected chi connectivity index (χ4v) is 6.55. The maximum atomic E-state index is 14.3. The van der Waals surface area contributed by atoms with E-state index in [0.29, 0.717) is 43.9 Å². The van der Waals surface area contributed by atoms with Crippen molar-refractivity contribution in [3.05, 3.63) is 108 Å². The number of hydrogen-bond donors (Lipinski definition) is 1. The number of halogens is 1. The summed E-state index contributed by atoms with van der Waals surface area (Å²) in [5.41, 5.74) is 6.09. The average molecular weight is 664 g/mol. The molecule has 3 heterocycles. The van der Waals surface area contributed by atoms with Gasteiger partial charge >= 0.3 is 0 Å². The number of nitrogens with one attached hydrogen (secondary N) is 1. The second-order valence-corrected chi connectivity index (χ2v) is 13.3. The molecular weight excluding hydrogens is 617 g/mol. The second-order valence-electron chi connectivity index (χ2n) is 13.3. The van der Waals surface area contributed by atoms with E-state index < -0.39 is 5.82 Å². The molecule has 0 spiro atoms. The molecule has 6 rings (SSSR count). The first kappa shape index (κ1) is 34.1. The number of pyridine rings is 1. The van der Waals surface area contributed by atoms with Crippen molar-refractivity contribution in [3.8, 4) is 17.0 Å². The number of carbonyl (C=O) groups excluding carboxylic acids is 2. The summed E-state index contributed by atoms with van der Waals surface area (Å²) in [5, 5.41) is 2.84. The van der Waals surface area contributed by atoms with Gasteiger partial charge in [0.15, 0.2) is 0 Å². The summed E-state index contributed by atoms with van der Waals surface area (Å²) < 4.78 is 20.5. The highest BCUT2D eigenvalue weighted by atomic mass is 19.1. The summed E-state index contributed by atoms with van der Waals surface area (Å²) in [6, 6.07) is 24.6. The molecule has 4 aromatic rings. The number of nitrogens with zero attached hydrogens (tertiary/aromatic N) is 4. The van der Waals surface area contributed by atoms with Crippen molar-refractivity contribution in [2.75, 3.05) is 50.5 Å². The Bertz CT molecular complexity index is 1700. The molecule has 0 radical (unpaired) electrons. The second kappa shape index (κ2) is 16.1. The number of benzene rings is 3. The Morgan fingerprint density at radius 1 is 0.857 bits per heavy atom. The van der Waals surface area contributed by atoms with Crippen molar-refractivity contribution in [2.45, 2.75) is 57.6 Å². The number of likely N-dealkylation sites (tertiary alicyclic amines) is 2. The van der Waals surface area contributed by atoms with E-state index in [0.717, 1.165) is 28.9 Å². The summed E-state index contributed by atoms with van der Waals surface area (Å²) in [6.45, 7) is 4.29. The van der Waals surface area contributed by atoms with Gasteiger partial charge in [0.05, 0.1) is 11.3 Å². The fraction of sp³-hybridized carbons (Fsp3) is 0.375. The van der Waals surface area contributed by atoms with E-state index >= 15 is 0 Å². The number of aromatic nitrogens is 1. The van der Waals surface area contributed by atoms with E-state index in [9.17, 15) is 14.0 Å². The number of aryl methyl sites for hydroxylation is 1. The van der Waals surface area contributed by atoms with Crippen LogP contribution in [0.5, 0.6) is 5.88 Å². The number of amides is 2. The molecule has 0 saturated carbocycles. The maximum absolute atomic E-state index is 14.3. The molecule has 2 amide bonds. The standard InChI is InChI=1S/C40H46FN5O3/c1-44(2)34-15-8-29(9-16-34)10-18-38(47)43-37-17-14-33(41)26-36(37)40(48)46-24-20-35(21-25-46)49-39-19-13-32(27-42-39)31-11-6-30(7-12-31)28-45-22-4-3-5-23-45/h6-9,11-17,19,26-27,35H,3-5,10,18,20-25,28H2,1-2H3,(H,43,47). The summed E-state index contributed by atoms with van der Waals surface area (Å²) in [6.07, 6.45) is 7.73. The van der Waals surface area contributed by atoms with E-state index in [1.807, 2.05) is 61.6 Å². The molecule has 256 valence electrons. The third-order valence-corrected chi connectivity index (χ3v) is 9.47. The molecule has 2 saturated heterocycles. The zero-order valence-corrected chi connectivity index (χ0v) is 28.5. The molecule has 8 nitrogen and oxygen atoms in total. The van der Waals surface area contributed by atoms with E-state index in [2.05, 4.69) is 39.5 Å². The Kier molecular flexibility index (Phi) is 11.2. The number of ether oxygens (including phenoxy) is 1. The highest BCUT2D eigenvalue weighted by Gasteiger charge is 2.27. The molecule has 3 aromatic carbocycles. The summed E-state index contributed by atoms with van der Waals surface area (Å²) in [4.78, 5) is 37.2. The van der Waals surface area contributed by atoms with Gasteiger partial charge < -0.3 is 19.9 Å². The predicted octanol–water partition coefficient (Wildman–Crippen LogP) is 7.19. The fourth-order valence-electron chi connectivity index (χ4n) is 6.55. The van der Waals surface area contributed by atoms with Crippen LogP contribution in [0.1, 0.15) is 60.0 Å². The van der Waals surface area contributed by atoms with Crippen LogP contribution in [0.4, 0.5) is 15.8 Å². The van der Waals surface area contributed by atoms with Gasteiger partial charge in [-0.2, -0.15) is 0 Å². The van der Waals surface area contributed by atoms with Crippen molar-refractivity contribution in [1.82, 2.24) is 14.8 Å². The molecule has 1 N–H and O–H groups in total. The zero-order chi connectivity index (χ0) is 34.2. The van der Waals surface area contributed by atoms with Crippen molar-refractivity contribution < 1.29 is 18.7 Å². The lowest BCUT2D eigenvalue weighted by Crippen LogP contribution is -2.42. The number of hydrogen-bond acceptors (Lipinski definition) is 6. The maximum Gasteiger partial charge on any atom is 0.256 e. The van der Waals surface area contributed by atoms with Crippen LogP contribution in [0.2, 0.25) is 0 Å². The highest BCUT2D eigenvalue weighted by molar-refractivity contribution is 6.03. The molecule has 2 aliphatic rings. The molecule has 0 bridgehead atoms. The third kappa shape index (κ3) is 9.23. The Balaban J connectivity index is 0.985. The molecular formula is C40H46FN5O3. The quantitative estimate of drug-likeness (QED) is 0.183. The minimum absolute atomic E-state index is 0.0880. The summed E-state index contributed by atoms with van der Waals surface area (Å²) >= 11 is 0. The Labute approximate surface area is 288 Å². The zero-order valence-electron chi connectivity index (χ0n) is 28.5. The smallest absolute Gasteiger partial charge is 0.256 e. The molecule has 1 aromatic heterocycles. The normalized spacial score (nSPS) is 15.5. The Morgan fingerprint density at radius 3 is 2.22 bits per heavy atom. The molecule has 9 heteroatoms. The third-order valence-electron chi connectivity index (χ3n) is 9.47. The monoisotopic (exact) mass is 663 g/mol. The largest absolute Gasteiger partial charge is 0.474 e. The number of piperidine rings is 2. The van der Waals surface area contributed by atoms with Crippen LogP contribution in [0.25, 0.3) is 11.1 Å². The Hall–Kier alpha value is -4.76. The molecule has 2 aliphatic heterocycles. The minimum Gasteiger partial charge on any atom is -0.474 e. The number of rotatable bonds is 11. The molecule has 49 heavy (non-hydrogen) atoms. The van der Waals surface area contributed by atoms with Gasteiger partial charge in [-0.1, -0.05) is 42.8 Å². The number of carbonyl (C=O) groups is 2. The lowest BCUT2D eigenvalue weighted by atomic mass is 10.0. The molecule has 2 fully saturated rings. The average Bonchev–Trinajstić information content (AvgIpc) is 3.13. The van der Waals surface area contributed by atoms with E-state index in [4.69, 9.17) is 4.74 Å². The lowest BCUT2D eigenvalue weighted by molar-refractivity contribution is -0.116. The first-order valence-corrected chi connectivity index (χ1v) is 17.4. The van der Waals surface area contributed by atoms with Crippen molar-refractivity contribution in [2.24, 2.45) is 0 Å². The van der Waals surface area contributed by atoms with Gasteiger partial charge in [0.1, 0.15) is 11.9 Å². The first-order valence-electron chi connectivity index (χ1n) is 17.4. The highest BCUT2D eigenvalue weighted by Crippen LogP contribution is 2.26. The van der Waals surface area contributed by atoms with Gasteiger partial charge in [-0.3, -0.25) is 14.5 Å². The van der Waals surface area contributed by atoms with Crippen LogP contribution in [0.15, 0.2) is 85.1 Å². The number of anilines is 2. The van der Waals surface area contributed by atoms with Gasteiger partial charge in [-0.05, 0) is 85.4 Å². The molecule has 0 atom stereocenters. The van der Waals surface area contributed by atoms with Gasteiger partial charge in [0.25, 0.3) is 5.91 Å². The van der Waals surface area contributed by atoms with Crippen molar-refractivity contribution in [3.63, 3.8) is 0 Å². The van der Waals surface area contributed by atoms with Gasteiger partial charge in [-0.15, -0.1) is 0 Å². The van der Waals surface area contributed by atoms with Gasteiger partial charge in [0.2, 0.25) is 11.8 Å². The van der Waals surface area contributed by atoms with Crippen LogP contribution < -0.4 is 15.0 Å². The van der Waals surface area contributed by atoms with Crippen LogP contribution in [-0.2, 0) is 17.8 Å². The van der Waals surface area contributed by atoms with Crippen molar-refractivity contribution >= 4 is 23.2 Å². The predicted molar refractivity (Wildman–Crippen MR) is 192 cm³/mol. The first-order chi connectivity index (χ1) is 23.8. The van der Waals surface area contributed by atoms with Crippen LogP contribution >= 0.6 is 0 Å². The van der Waals surface area contributed by atoms with E-state index in [1.54, 1.807) is 4.90 Å².